The van der Waals surface area contributed by atoms with Gasteiger partial charge in [-0.3, -0.25) is 13.9 Å². The number of rotatable bonds is 11. The molecule has 1 aliphatic rings. The Kier molecular flexibility index (Phi) is 9.27. The van der Waals surface area contributed by atoms with Gasteiger partial charge in [-0.2, -0.15) is 10.1 Å². The second-order valence-electron chi connectivity index (χ2n) is 8.33. The van der Waals surface area contributed by atoms with E-state index < -0.39 is 62.6 Å². The Morgan fingerprint density at radius 1 is 1.35 bits per heavy atom. The number of azide groups is 1. The highest BCUT2D eigenvalue weighted by molar-refractivity contribution is 7.52. The minimum absolute atomic E-state index is 0.0322. The lowest BCUT2D eigenvalue weighted by atomic mass is 10.1. The molecule has 3 rings (SSSR count). The predicted molar refractivity (Wildman–Crippen MR) is 130 cm³/mol. The normalized spacial score (nSPS) is 23.6. The predicted octanol–water partition coefficient (Wildman–Crippen LogP) is 1.90. The molecular weight excluding hydrogens is 509 g/mol. The molecular formula is C21H28N7O8P. The fraction of sp³-hybridized carbons (Fsp3) is 0.476. The van der Waals surface area contributed by atoms with Gasteiger partial charge in [0.2, 0.25) is 0 Å². The Labute approximate surface area is 211 Å². The molecule has 2 aromatic rings. The van der Waals surface area contributed by atoms with Gasteiger partial charge in [0.25, 0.3) is 0 Å². The number of anilines is 1. The molecule has 0 spiro atoms. The van der Waals surface area contributed by atoms with E-state index >= 15 is 0 Å². The number of carbonyl (C=O) groups excluding carboxylic acids is 1. The summed E-state index contributed by atoms with van der Waals surface area (Å²) in [4.78, 5) is 30.9. The van der Waals surface area contributed by atoms with Crippen molar-refractivity contribution in [3.8, 4) is 5.75 Å². The van der Waals surface area contributed by atoms with Crippen LogP contribution in [-0.2, 0) is 23.4 Å². The van der Waals surface area contributed by atoms with Crippen molar-refractivity contribution in [1.29, 1.82) is 0 Å². The zero-order valence-corrected chi connectivity index (χ0v) is 21.2. The second-order valence-corrected chi connectivity index (χ2v) is 10.0. The lowest BCUT2D eigenvalue weighted by molar-refractivity contribution is -0.149. The summed E-state index contributed by atoms with van der Waals surface area (Å²) in [5.74, 6) is -0.540. The number of nitrogens with one attached hydrogen (secondary N) is 1. The van der Waals surface area contributed by atoms with Crippen LogP contribution in [0.2, 0.25) is 0 Å². The number of esters is 1. The number of hydrogen-bond donors (Lipinski definition) is 3. The molecule has 1 aromatic carbocycles. The van der Waals surface area contributed by atoms with Crippen molar-refractivity contribution in [2.45, 2.75) is 57.4 Å². The molecule has 15 nitrogen and oxygen atoms in total. The van der Waals surface area contributed by atoms with Crippen molar-refractivity contribution in [1.82, 2.24) is 14.6 Å². The van der Waals surface area contributed by atoms with Crippen LogP contribution in [-0.4, -0.2) is 57.6 Å². The van der Waals surface area contributed by atoms with Gasteiger partial charge in [-0.1, -0.05) is 23.3 Å². The van der Waals surface area contributed by atoms with Crippen LogP contribution in [0.1, 0.15) is 27.0 Å². The minimum Gasteiger partial charge on any atom is -0.462 e. The summed E-state index contributed by atoms with van der Waals surface area (Å²) >= 11 is 0. The highest BCUT2D eigenvalue weighted by Crippen LogP contribution is 2.46. The van der Waals surface area contributed by atoms with Crippen LogP contribution >= 0.6 is 7.75 Å². The largest absolute Gasteiger partial charge is 0.462 e. The molecule has 1 aliphatic heterocycles. The molecule has 0 saturated carbocycles. The Morgan fingerprint density at radius 2 is 2.05 bits per heavy atom. The molecule has 1 aromatic heterocycles. The molecule has 1 unspecified atom stereocenters. The van der Waals surface area contributed by atoms with Crippen molar-refractivity contribution in [3.63, 3.8) is 0 Å². The Hall–Kier alpha value is -3.45. The number of nitrogens with zero attached hydrogens (tertiary/aromatic N) is 5. The lowest BCUT2D eigenvalue weighted by Crippen LogP contribution is -2.38. The van der Waals surface area contributed by atoms with Crippen LogP contribution in [0.5, 0.6) is 5.75 Å². The van der Waals surface area contributed by atoms with E-state index in [2.05, 4.69) is 20.1 Å². The number of hydrogen-bond acceptors (Lipinski definition) is 11. The first kappa shape index (κ1) is 28.1. The first-order chi connectivity index (χ1) is 17.5. The molecule has 4 N–H and O–H groups in total. The maximum Gasteiger partial charge on any atom is 0.459 e. The van der Waals surface area contributed by atoms with Gasteiger partial charge in [-0.15, -0.1) is 0 Å². The van der Waals surface area contributed by atoms with E-state index in [1.165, 1.54) is 31.3 Å². The van der Waals surface area contributed by atoms with E-state index in [0.29, 0.717) is 0 Å². The quantitative estimate of drug-likeness (QED) is 0.124. The third kappa shape index (κ3) is 7.29. The number of carbonyl (C=O) groups is 1. The third-order valence-corrected chi connectivity index (χ3v) is 6.73. The van der Waals surface area contributed by atoms with E-state index in [0.717, 1.165) is 4.57 Å². The van der Waals surface area contributed by atoms with E-state index in [9.17, 15) is 19.3 Å². The molecule has 2 heterocycles. The molecule has 1 fully saturated rings. The highest BCUT2D eigenvalue weighted by atomic mass is 31.2. The SMILES string of the molecule is CC(C)OC(=O)[C@@H](C)NP(=O)(OC[C@H]1O[C@@H](n2ccc(N)nc2=O)[C@H](N=[N+]=[N-])[C@@H]1O)Oc1ccccc1. The van der Waals surface area contributed by atoms with Gasteiger partial charge in [0.05, 0.1) is 18.8 Å². The van der Waals surface area contributed by atoms with Crippen molar-refractivity contribution in [2.24, 2.45) is 5.11 Å². The Morgan fingerprint density at radius 3 is 2.68 bits per heavy atom. The van der Waals surface area contributed by atoms with Crippen LogP contribution in [0.4, 0.5) is 5.82 Å². The Balaban J connectivity index is 1.81. The Bertz CT molecular complexity index is 1240. The summed E-state index contributed by atoms with van der Waals surface area (Å²) in [6.07, 6.45) is -3.05. The number of aliphatic hydroxyl groups is 1. The van der Waals surface area contributed by atoms with Gasteiger partial charge in [0.1, 0.15) is 36.0 Å². The van der Waals surface area contributed by atoms with Crippen molar-refractivity contribution >= 4 is 19.5 Å². The second kappa shape index (κ2) is 12.2. The fourth-order valence-corrected chi connectivity index (χ4v) is 4.91. The van der Waals surface area contributed by atoms with Crippen molar-refractivity contribution in [3.05, 3.63) is 63.5 Å². The molecule has 0 aliphatic carbocycles. The summed E-state index contributed by atoms with van der Waals surface area (Å²) in [6, 6.07) is 7.08. The monoisotopic (exact) mass is 537 g/mol. The molecule has 6 atom stereocenters. The van der Waals surface area contributed by atoms with Crippen LogP contribution < -0.4 is 21.0 Å². The van der Waals surface area contributed by atoms with E-state index in [1.54, 1.807) is 32.0 Å². The molecule has 0 bridgehead atoms. The maximum absolute atomic E-state index is 13.6. The summed E-state index contributed by atoms with van der Waals surface area (Å²) in [5.41, 5.74) is 13.7. The van der Waals surface area contributed by atoms with Crippen LogP contribution in [0.15, 0.2) is 52.5 Å². The van der Waals surface area contributed by atoms with Crippen LogP contribution in [0.25, 0.3) is 10.4 Å². The average Bonchev–Trinajstić information content (AvgIpc) is 3.13. The van der Waals surface area contributed by atoms with E-state index in [4.69, 9.17) is 29.8 Å². The molecule has 0 radical (unpaired) electrons. The summed E-state index contributed by atoms with van der Waals surface area (Å²) in [6.45, 7) is 4.22. The fourth-order valence-electron chi connectivity index (χ4n) is 3.41. The van der Waals surface area contributed by atoms with Crippen LogP contribution in [0.3, 0.4) is 0 Å². The molecule has 1 saturated heterocycles. The van der Waals surface area contributed by atoms with Crippen molar-refractivity contribution < 1.29 is 33.0 Å². The number of para-hydroxylation sites is 1. The average molecular weight is 537 g/mol. The topological polar surface area (TPSA) is 213 Å². The van der Waals surface area contributed by atoms with E-state index in [-0.39, 0.29) is 11.6 Å². The van der Waals surface area contributed by atoms with Gasteiger partial charge in [0.15, 0.2) is 0 Å². The number of ether oxygens (including phenoxy) is 2. The first-order valence-corrected chi connectivity index (χ1v) is 12.8. The summed E-state index contributed by atoms with van der Waals surface area (Å²) in [7, 11) is -4.26. The maximum atomic E-state index is 13.6. The van der Waals surface area contributed by atoms with Gasteiger partial charge in [-0.25, -0.2) is 9.36 Å². The zero-order valence-electron chi connectivity index (χ0n) is 20.3. The summed E-state index contributed by atoms with van der Waals surface area (Å²) in [5, 5.41) is 16.8. The molecule has 0 amide bonds. The molecule has 37 heavy (non-hydrogen) atoms. The standard InChI is InChI=1S/C21H28N7O8P/c1-12(2)34-20(30)13(3)26-37(32,36-14-7-5-4-6-8-14)33-11-15-18(29)17(25-27-23)19(35-15)28-10-9-16(22)24-21(28)31/h4-10,12-13,15,17-19,29H,11H2,1-3H3,(H,26,32)(H2,22,24,31)/t13-,15-,17-,18-,19-,37?/m1/s1. The van der Waals surface area contributed by atoms with Gasteiger partial charge >= 0.3 is 19.4 Å². The minimum atomic E-state index is -4.26. The number of aromatic nitrogens is 2. The number of nitrogen functional groups attached to an aromatic ring is 1. The lowest BCUT2D eigenvalue weighted by Gasteiger charge is -2.25. The zero-order chi connectivity index (χ0) is 27.2. The van der Waals surface area contributed by atoms with Crippen molar-refractivity contribution in [2.75, 3.05) is 12.3 Å². The smallest absolute Gasteiger partial charge is 0.459 e. The van der Waals surface area contributed by atoms with Crippen LogP contribution in [0, 0.1) is 0 Å². The van der Waals surface area contributed by atoms with Gasteiger partial charge in [0, 0.05) is 11.1 Å². The molecule has 200 valence electrons. The third-order valence-electron chi connectivity index (χ3n) is 5.08. The first-order valence-electron chi connectivity index (χ1n) is 11.2. The number of aliphatic hydroxyl groups excluding tert-OH is 1. The summed E-state index contributed by atoms with van der Waals surface area (Å²) < 4.78 is 36.6. The number of nitrogens with two attached hydrogens (primary N) is 1. The molecule has 16 heteroatoms. The van der Waals surface area contributed by atoms with E-state index in [1.807, 2.05) is 0 Å². The highest BCUT2D eigenvalue weighted by Gasteiger charge is 2.46. The number of benzene rings is 1. The van der Waals surface area contributed by atoms with Gasteiger partial charge in [-0.05, 0) is 44.5 Å². The van der Waals surface area contributed by atoms with Gasteiger partial charge < -0.3 is 24.8 Å².